The Morgan fingerprint density at radius 2 is 2.05 bits per heavy atom. The number of rotatable bonds is 4. The van der Waals surface area contributed by atoms with Gasteiger partial charge < -0.3 is 11.1 Å². The van der Waals surface area contributed by atoms with Crippen LogP contribution in [0.25, 0.3) is 10.9 Å². The molecule has 0 fully saturated rings. The van der Waals surface area contributed by atoms with Gasteiger partial charge in [0.2, 0.25) is 0 Å². The maximum absolute atomic E-state index is 6.14. The van der Waals surface area contributed by atoms with Gasteiger partial charge in [-0.2, -0.15) is 0 Å². The second-order valence-electron chi connectivity index (χ2n) is 5.02. The third-order valence-electron chi connectivity index (χ3n) is 3.45. The van der Waals surface area contributed by atoms with Gasteiger partial charge in [0.05, 0.1) is 17.7 Å². The molecule has 0 bridgehead atoms. The van der Waals surface area contributed by atoms with Crippen molar-refractivity contribution >= 4 is 28.2 Å². The van der Waals surface area contributed by atoms with Gasteiger partial charge in [-0.25, -0.2) is 10.8 Å². The fourth-order valence-electron chi connectivity index (χ4n) is 2.32. The van der Waals surface area contributed by atoms with Crippen LogP contribution in [0.3, 0.4) is 0 Å². The van der Waals surface area contributed by atoms with Crippen LogP contribution in [0.5, 0.6) is 0 Å². The first kappa shape index (κ1) is 14.1. The lowest BCUT2D eigenvalue weighted by Gasteiger charge is -2.20. The molecular formula is C16H18N6. The number of benzene rings is 1. The van der Waals surface area contributed by atoms with E-state index in [1.807, 2.05) is 30.3 Å². The van der Waals surface area contributed by atoms with E-state index in [4.69, 9.17) is 11.6 Å². The Morgan fingerprint density at radius 1 is 1.18 bits per heavy atom. The summed E-state index contributed by atoms with van der Waals surface area (Å²) in [5.41, 5.74) is 8.54. The molecule has 0 amide bonds. The van der Waals surface area contributed by atoms with Crippen molar-refractivity contribution < 1.29 is 0 Å². The molecule has 0 unspecified atom stereocenters. The molecule has 0 aliphatic carbocycles. The Hall–Kier alpha value is -2.86. The molecule has 5 N–H and O–H groups in total. The summed E-state index contributed by atoms with van der Waals surface area (Å²) in [6, 6.07) is 13.6. The Bertz CT molecular complexity index is 801. The fraction of sp³-hybridized carbons (Fsp3) is 0.125. The first-order valence-corrected chi connectivity index (χ1v) is 6.97. The zero-order valence-electron chi connectivity index (χ0n) is 12.3. The topological polar surface area (TPSA) is 93.1 Å². The highest BCUT2D eigenvalue weighted by Crippen LogP contribution is 2.23. The lowest BCUT2D eigenvalue weighted by atomic mass is 10.1. The summed E-state index contributed by atoms with van der Waals surface area (Å²) in [7, 11) is 1.81. The molecule has 0 spiro atoms. The van der Waals surface area contributed by atoms with E-state index in [2.05, 4.69) is 21.4 Å². The summed E-state index contributed by atoms with van der Waals surface area (Å²) in [4.78, 5) is 8.71. The van der Waals surface area contributed by atoms with Crippen LogP contribution in [0.2, 0.25) is 0 Å². The monoisotopic (exact) mass is 294 g/mol. The molecule has 0 atom stereocenters. The molecule has 0 aliphatic rings. The molecule has 22 heavy (non-hydrogen) atoms. The third kappa shape index (κ3) is 2.77. The van der Waals surface area contributed by atoms with Crippen LogP contribution in [0.15, 0.2) is 48.7 Å². The van der Waals surface area contributed by atoms with Crippen LogP contribution < -0.4 is 21.9 Å². The predicted molar refractivity (Wildman–Crippen MR) is 90.3 cm³/mol. The van der Waals surface area contributed by atoms with Crippen LogP contribution in [0.4, 0.5) is 17.3 Å². The summed E-state index contributed by atoms with van der Waals surface area (Å²) < 4.78 is 0. The lowest BCUT2D eigenvalue weighted by Crippen LogP contribution is -2.31. The normalized spacial score (nSPS) is 10.6. The third-order valence-corrected chi connectivity index (χ3v) is 3.45. The zero-order chi connectivity index (χ0) is 15.5. The van der Waals surface area contributed by atoms with E-state index < -0.39 is 0 Å². The average Bonchev–Trinajstić information content (AvgIpc) is 2.55. The molecule has 3 aromatic rings. The minimum absolute atomic E-state index is 0.509. The van der Waals surface area contributed by atoms with E-state index in [1.54, 1.807) is 24.3 Å². The van der Waals surface area contributed by atoms with Gasteiger partial charge in [0.1, 0.15) is 5.82 Å². The van der Waals surface area contributed by atoms with Gasteiger partial charge in [-0.15, -0.1) is 0 Å². The molecule has 6 heteroatoms. The van der Waals surface area contributed by atoms with E-state index in [1.165, 1.54) is 0 Å². The Morgan fingerprint density at radius 3 is 2.86 bits per heavy atom. The van der Waals surface area contributed by atoms with Crippen LogP contribution in [0, 0.1) is 0 Å². The number of nitrogens with zero attached hydrogens (tertiary/aromatic N) is 3. The van der Waals surface area contributed by atoms with Crippen LogP contribution in [-0.2, 0) is 6.54 Å². The maximum Gasteiger partial charge on any atom is 0.168 e. The number of fused-ring (bicyclic) bond motifs is 1. The molecule has 2 aromatic heterocycles. The SMILES string of the molecule is CNc1ccc(N)c(N(N)Cc2ccc3ncccc3c2)n1. The standard InChI is InChI=1S/C16H18N6/c1-19-15-7-5-13(17)16(21-15)22(18)10-11-4-6-14-12(9-11)3-2-8-20-14/h2-9H,10,17-18H2,1H3,(H,19,21). The van der Waals surface area contributed by atoms with E-state index >= 15 is 0 Å². The molecule has 0 saturated heterocycles. The average molecular weight is 294 g/mol. The van der Waals surface area contributed by atoms with E-state index in [9.17, 15) is 0 Å². The number of pyridine rings is 2. The van der Waals surface area contributed by atoms with Gasteiger partial charge in [-0.1, -0.05) is 12.1 Å². The quantitative estimate of drug-likeness (QED) is 0.504. The minimum atomic E-state index is 0.509. The summed E-state index contributed by atoms with van der Waals surface area (Å²) >= 11 is 0. The largest absolute Gasteiger partial charge is 0.396 e. The molecule has 0 aliphatic heterocycles. The number of nitrogen functional groups attached to an aromatic ring is 1. The van der Waals surface area contributed by atoms with Crippen LogP contribution in [0.1, 0.15) is 5.56 Å². The summed E-state index contributed by atoms with van der Waals surface area (Å²) in [5, 5.41) is 5.61. The fourth-order valence-corrected chi connectivity index (χ4v) is 2.32. The number of nitrogens with one attached hydrogen (secondary N) is 1. The van der Waals surface area contributed by atoms with Crippen molar-refractivity contribution in [1.29, 1.82) is 0 Å². The van der Waals surface area contributed by atoms with Gasteiger partial charge in [0, 0.05) is 18.6 Å². The summed E-state index contributed by atoms with van der Waals surface area (Å²) in [6.45, 7) is 0.509. The van der Waals surface area contributed by atoms with Gasteiger partial charge >= 0.3 is 0 Å². The smallest absolute Gasteiger partial charge is 0.168 e. The summed E-state index contributed by atoms with van der Waals surface area (Å²) in [6.07, 6.45) is 1.78. The number of aromatic nitrogens is 2. The van der Waals surface area contributed by atoms with Crippen molar-refractivity contribution in [3.05, 3.63) is 54.2 Å². The van der Waals surface area contributed by atoms with Crippen LogP contribution >= 0.6 is 0 Å². The van der Waals surface area contributed by atoms with Crippen molar-refractivity contribution in [1.82, 2.24) is 9.97 Å². The molecule has 2 heterocycles. The van der Waals surface area contributed by atoms with Gasteiger partial charge in [-0.3, -0.25) is 9.99 Å². The lowest BCUT2D eigenvalue weighted by molar-refractivity contribution is 0.836. The number of hydrazine groups is 1. The Kier molecular flexibility index (Phi) is 3.76. The highest BCUT2D eigenvalue weighted by Gasteiger charge is 2.10. The first-order chi connectivity index (χ1) is 10.7. The molecule has 6 nitrogen and oxygen atoms in total. The highest BCUT2D eigenvalue weighted by atomic mass is 15.4. The van der Waals surface area contributed by atoms with Gasteiger partial charge in [0.15, 0.2) is 5.82 Å². The van der Waals surface area contributed by atoms with Crippen molar-refractivity contribution in [3.63, 3.8) is 0 Å². The van der Waals surface area contributed by atoms with Crippen molar-refractivity contribution in [2.45, 2.75) is 6.54 Å². The minimum Gasteiger partial charge on any atom is -0.396 e. The molecular weight excluding hydrogens is 276 g/mol. The van der Waals surface area contributed by atoms with Gasteiger partial charge in [0.25, 0.3) is 0 Å². The second-order valence-corrected chi connectivity index (χ2v) is 5.02. The van der Waals surface area contributed by atoms with Crippen LogP contribution in [-0.4, -0.2) is 17.0 Å². The number of hydrogen-bond donors (Lipinski definition) is 3. The maximum atomic E-state index is 6.14. The highest BCUT2D eigenvalue weighted by molar-refractivity contribution is 5.79. The number of hydrogen-bond acceptors (Lipinski definition) is 6. The number of nitrogens with two attached hydrogens (primary N) is 2. The predicted octanol–water partition coefficient (Wildman–Crippen LogP) is 2.13. The van der Waals surface area contributed by atoms with E-state index in [0.717, 1.165) is 22.3 Å². The van der Waals surface area contributed by atoms with Crippen molar-refractivity contribution in [2.24, 2.45) is 5.84 Å². The first-order valence-electron chi connectivity index (χ1n) is 6.97. The van der Waals surface area contributed by atoms with E-state index in [-0.39, 0.29) is 0 Å². The van der Waals surface area contributed by atoms with Gasteiger partial charge in [-0.05, 0) is 35.9 Å². The molecule has 112 valence electrons. The second kappa shape index (κ2) is 5.87. The molecule has 3 rings (SSSR count). The molecule has 0 radical (unpaired) electrons. The number of anilines is 3. The van der Waals surface area contributed by atoms with Crippen molar-refractivity contribution in [3.8, 4) is 0 Å². The Balaban J connectivity index is 1.87. The molecule has 1 aromatic carbocycles. The zero-order valence-corrected chi connectivity index (χ0v) is 12.3. The molecule has 0 saturated carbocycles. The van der Waals surface area contributed by atoms with E-state index in [0.29, 0.717) is 18.1 Å². The Labute approximate surface area is 128 Å². The summed E-state index contributed by atoms with van der Waals surface area (Å²) in [5.74, 6) is 7.42. The van der Waals surface area contributed by atoms with Crippen molar-refractivity contribution in [2.75, 3.05) is 23.1 Å².